The average Bonchev–Trinajstić information content (AvgIpc) is 3.63. The SMILES string of the molecule is Nc1ccccc1C(=O)n1nc(-c2cn(Cc3cncnc3)c(=O)cc2-c2ccccn2)cc1NCc1ccc(Cl)s1. The van der Waals surface area contributed by atoms with Crippen LogP contribution in [-0.4, -0.2) is 35.2 Å². The van der Waals surface area contributed by atoms with Crippen LogP contribution in [0, 0.1) is 0 Å². The molecule has 208 valence electrons. The molecule has 0 amide bonds. The van der Waals surface area contributed by atoms with Gasteiger partial charge in [0.25, 0.3) is 11.5 Å². The third kappa shape index (κ3) is 5.69. The molecule has 1 aromatic carbocycles. The fourth-order valence-corrected chi connectivity index (χ4v) is 5.49. The molecule has 0 saturated carbocycles. The van der Waals surface area contributed by atoms with Gasteiger partial charge in [-0.05, 0) is 36.4 Å². The van der Waals surface area contributed by atoms with Gasteiger partial charge in [-0.2, -0.15) is 9.78 Å². The Balaban J connectivity index is 1.49. The molecule has 0 unspecified atom stereocenters. The maximum atomic E-state index is 13.7. The number of nitrogen functional groups attached to an aromatic ring is 1. The number of para-hydroxylation sites is 1. The number of carbonyl (C=O) groups excluding carboxylic acids is 1. The summed E-state index contributed by atoms with van der Waals surface area (Å²) in [6, 6.07) is 19.3. The molecule has 0 saturated heterocycles. The van der Waals surface area contributed by atoms with Gasteiger partial charge >= 0.3 is 0 Å². The first kappa shape index (κ1) is 27.1. The molecule has 5 heterocycles. The third-order valence-corrected chi connectivity index (χ3v) is 7.71. The average molecular weight is 595 g/mol. The topological polar surface area (TPSA) is 134 Å². The van der Waals surface area contributed by atoms with E-state index in [0.717, 1.165) is 10.4 Å². The predicted molar refractivity (Wildman–Crippen MR) is 164 cm³/mol. The summed E-state index contributed by atoms with van der Waals surface area (Å²) in [6.45, 7) is 0.667. The van der Waals surface area contributed by atoms with E-state index in [1.54, 1.807) is 65.8 Å². The summed E-state index contributed by atoms with van der Waals surface area (Å²) in [5.74, 6) is 0.0455. The van der Waals surface area contributed by atoms with E-state index in [1.807, 2.05) is 24.3 Å². The lowest BCUT2D eigenvalue weighted by Crippen LogP contribution is -2.20. The molecule has 3 N–H and O–H groups in total. The van der Waals surface area contributed by atoms with Crippen molar-refractivity contribution in [1.29, 1.82) is 0 Å². The summed E-state index contributed by atoms with van der Waals surface area (Å²) in [6.07, 6.45) is 8.12. The number of anilines is 2. The van der Waals surface area contributed by atoms with Crippen molar-refractivity contribution in [3.63, 3.8) is 0 Å². The van der Waals surface area contributed by atoms with Crippen molar-refractivity contribution in [2.75, 3.05) is 11.1 Å². The normalized spacial score (nSPS) is 11.0. The first-order chi connectivity index (χ1) is 20.5. The minimum absolute atomic E-state index is 0.233. The molecule has 0 aliphatic rings. The number of halogens is 1. The summed E-state index contributed by atoms with van der Waals surface area (Å²) >= 11 is 7.57. The second-order valence-corrected chi connectivity index (χ2v) is 11.1. The Morgan fingerprint density at radius 3 is 2.52 bits per heavy atom. The highest BCUT2D eigenvalue weighted by Gasteiger charge is 2.22. The van der Waals surface area contributed by atoms with Crippen LogP contribution in [0.2, 0.25) is 4.34 Å². The van der Waals surface area contributed by atoms with E-state index in [0.29, 0.717) is 50.5 Å². The minimum atomic E-state index is -0.403. The molecule has 0 aliphatic heterocycles. The Morgan fingerprint density at radius 1 is 0.976 bits per heavy atom. The lowest BCUT2D eigenvalue weighted by atomic mass is 10.0. The van der Waals surface area contributed by atoms with Crippen LogP contribution in [0.1, 0.15) is 20.8 Å². The number of nitrogens with two attached hydrogens (primary N) is 1. The highest BCUT2D eigenvalue weighted by Crippen LogP contribution is 2.32. The van der Waals surface area contributed by atoms with Crippen LogP contribution in [0.15, 0.2) is 103 Å². The van der Waals surface area contributed by atoms with Crippen LogP contribution >= 0.6 is 22.9 Å². The van der Waals surface area contributed by atoms with Gasteiger partial charge in [-0.25, -0.2) is 9.97 Å². The largest absolute Gasteiger partial charge is 0.398 e. The van der Waals surface area contributed by atoms with Gasteiger partial charge < -0.3 is 15.6 Å². The van der Waals surface area contributed by atoms with Crippen LogP contribution in [0.25, 0.3) is 22.5 Å². The molecule has 0 radical (unpaired) electrons. The summed E-state index contributed by atoms with van der Waals surface area (Å²) in [5.41, 5.74) is 9.57. The van der Waals surface area contributed by atoms with Gasteiger partial charge in [0.1, 0.15) is 12.1 Å². The molecule has 0 aliphatic carbocycles. The van der Waals surface area contributed by atoms with E-state index in [2.05, 4.69) is 20.3 Å². The van der Waals surface area contributed by atoms with Gasteiger partial charge in [0.15, 0.2) is 0 Å². The molecule has 12 heteroatoms. The van der Waals surface area contributed by atoms with Crippen LogP contribution in [-0.2, 0) is 13.1 Å². The molecule has 0 bridgehead atoms. The summed E-state index contributed by atoms with van der Waals surface area (Å²) in [4.78, 5) is 40.6. The molecule has 0 atom stereocenters. The predicted octanol–water partition coefficient (Wildman–Crippen LogP) is 5.21. The fraction of sp³-hybridized carbons (Fsp3) is 0.0667. The smallest absolute Gasteiger partial charge is 0.282 e. The van der Waals surface area contributed by atoms with Crippen molar-refractivity contribution in [3.8, 4) is 22.5 Å². The number of benzene rings is 1. The second kappa shape index (κ2) is 11.8. The fourth-order valence-electron chi connectivity index (χ4n) is 4.47. The van der Waals surface area contributed by atoms with Crippen LogP contribution in [0.3, 0.4) is 0 Å². The van der Waals surface area contributed by atoms with Crippen molar-refractivity contribution in [3.05, 3.63) is 129 Å². The van der Waals surface area contributed by atoms with Crippen molar-refractivity contribution in [2.24, 2.45) is 0 Å². The quantitative estimate of drug-likeness (QED) is 0.229. The van der Waals surface area contributed by atoms with Gasteiger partial charge in [0, 0.05) is 64.2 Å². The summed E-state index contributed by atoms with van der Waals surface area (Å²) < 4.78 is 3.51. The Morgan fingerprint density at radius 2 is 1.79 bits per heavy atom. The summed E-state index contributed by atoms with van der Waals surface area (Å²) in [7, 11) is 0. The number of rotatable bonds is 8. The zero-order valence-corrected chi connectivity index (χ0v) is 23.6. The first-order valence-electron chi connectivity index (χ1n) is 12.8. The second-order valence-electron chi connectivity index (χ2n) is 9.31. The molecule has 0 spiro atoms. The molecule has 5 aromatic heterocycles. The number of carbonyl (C=O) groups is 1. The molecule has 42 heavy (non-hydrogen) atoms. The number of aromatic nitrogens is 6. The Kier molecular flexibility index (Phi) is 7.58. The van der Waals surface area contributed by atoms with E-state index in [4.69, 9.17) is 22.4 Å². The number of thiophene rings is 1. The van der Waals surface area contributed by atoms with E-state index in [1.165, 1.54) is 28.4 Å². The first-order valence-corrected chi connectivity index (χ1v) is 14.0. The van der Waals surface area contributed by atoms with Crippen LogP contribution in [0.4, 0.5) is 11.5 Å². The molecule has 6 rings (SSSR count). The Labute approximate surface area is 249 Å². The van der Waals surface area contributed by atoms with E-state index >= 15 is 0 Å². The van der Waals surface area contributed by atoms with E-state index in [-0.39, 0.29) is 12.1 Å². The van der Waals surface area contributed by atoms with Crippen molar-refractivity contribution < 1.29 is 4.79 Å². The van der Waals surface area contributed by atoms with Gasteiger partial charge in [-0.15, -0.1) is 11.3 Å². The molecule has 10 nitrogen and oxygen atoms in total. The van der Waals surface area contributed by atoms with Crippen molar-refractivity contribution in [1.82, 2.24) is 29.3 Å². The molecular formula is C30H23ClN8O2S. The van der Waals surface area contributed by atoms with Gasteiger partial charge in [-0.1, -0.05) is 29.8 Å². The van der Waals surface area contributed by atoms with E-state index < -0.39 is 5.91 Å². The number of nitrogens with zero attached hydrogens (tertiary/aromatic N) is 6. The van der Waals surface area contributed by atoms with Crippen LogP contribution < -0.4 is 16.6 Å². The molecule has 6 aromatic rings. The number of hydrogen-bond acceptors (Lipinski definition) is 9. The lowest BCUT2D eigenvalue weighted by Gasteiger charge is -2.12. The third-order valence-electron chi connectivity index (χ3n) is 6.48. The van der Waals surface area contributed by atoms with E-state index in [9.17, 15) is 9.59 Å². The zero-order chi connectivity index (χ0) is 29.1. The number of pyridine rings is 2. The molecular weight excluding hydrogens is 572 g/mol. The number of hydrogen-bond donors (Lipinski definition) is 2. The number of nitrogens with one attached hydrogen (secondary N) is 1. The van der Waals surface area contributed by atoms with Gasteiger partial charge in [-0.3, -0.25) is 14.6 Å². The lowest BCUT2D eigenvalue weighted by molar-refractivity contribution is 0.0948. The maximum absolute atomic E-state index is 13.7. The Hall–Kier alpha value is -5.13. The highest BCUT2D eigenvalue weighted by atomic mass is 35.5. The highest BCUT2D eigenvalue weighted by molar-refractivity contribution is 7.16. The maximum Gasteiger partial charge on any atom is 0.282 e. The van der Waals surface area contributed by atoms with Crippen molar-refractivity contribution >= 4 is 40.4 Å². The molecule has 0 fully saturated rings. The van der Waals surface area contributed by atoms with Crippen molar-refractivity contribution in [2.45, 2.75) is 13.1 Å². The monoisotopic (exact) mass is 594 g/mol. The Bertz CT molecular complexity index is 1940. The van der Waals surface area contributed by atoms with Gasteiger partial charge in [0.05, 0.1) is 34.4 Å². The zero-order valence-electron chi connectivity index (χ0n) is 22.0. The standard InChI is InChI=1S/C30H23ClN8O2S/c31-27-9-8-20(42-27)15-36-28-12-26(37-39(28)30(41)21-5-1-2-6-24(21)32)23-17-38(16-19-13-33-18-34-14-19)29(40)11-22(23)25-7-3-4-10-35-25/h1-14,17-18,36H,15-16,32H2. The van der Waals surface area contributed by atoms with Gasteiger partial charge in [0.2, 0.25) is 0 Å². The van der Waals surface area contributed by atoms with Crippen LogP contribution in [0.5, 0.6) is 0 Å². The summed E-state index contributed by atoms with van der Waals surface area (Å²) in [5, 5.41) is 8.06. The minimum Gasteiger partial charge on any atom is -0.398 e.